The third kappa shape index (κ3) is 2.88. The highest BCUT2D eigenvalue weighted by Crippen LogP contribution is 2.32. The van der Waals surface area contributed by atoms with Crippen molar-refractivity contribution >= 4 is 5.97 Å². The summed E-state index contributed by atoms with van der Waals surface area (Å²) in [5.41, 5.74) is 4.11. The lowest BCUT2D eigenvalue weighted by Crippen LogP contribution is -2.40. The Morgan fingerprint density at radius 2 is 2.00 bits per heavy atom. The number of rotatable bonds is 4. The van der Waals surface area contributed by atoms with Gasteiger partial charge in [-0.2, -0.15) is 5.10 Å². The smallest absolute Gasteiger partial charge is 0.325 e. The van der Waals surface area contributed by atoms with Gasteiger partial charge < -0.3 is 5.11 Å². The second-order valence-electron chi connectivity index (χ2n) is 6.53. The number of nitrogens with zero attached hydrogens (tertiary/aromatic N) is 4. The van der Waals surface area contributed by atoms with Crippen molar-refractivity contribution in [3.8, 4) is 5.69 Å². The maximum Gasteiger partial charge on any atom is 0.325 e. The Bertz CT molecular complexity index is 936. The van der Waals surface area contributed by atoms with Gasteiger partial charge in [0, 0.05) is 6.54 Å². The summed E-state index contributed by atoms with van der Waals surface area (Å²) in [7, 11) is 0. The van der Waals surface area contributed by atoms with Crippen molar-refractivity contribution in [2.24, 2.45) is 0 Å². The molecule has 1 unspecified atom stereocenters. The zero-order chi connectivity index (χ0) is 18.1. The van der Waals surface area contributed by atoms with E-state index in [2.05, 4.69) is 10.1 Å². The standard InChI is InChI=1S/C20H20N4O2/c1-14-6-5-9-17-16(14)10-11-23(19(17)20(25)26)12-18-21-13-22-24(18)15-7-3-2-4-8-15/h2-9,13,19H,10-12H2,1H3,(H,25,26). The number of aryl methyl sites for hydroxylation is 1. The number of hydrogen-bond donors (Lipinski definition) is 1. The number of para-hydroxylation sites is 1. The quantitative estimate of drug-likeness (QED) is 0.785. The first-order valence-electron chi connectivity index (χ1n) is 8.64. The SMILES string of the molecule is Cc1cccc2c1CCN(Cc1ncnn1-c1ccccc1)C2C(=O)O. The highest BCUT2D eigenvalue weighted by atomic mass is 16.4. The van der Waals surface area contributed by atoms with Crippen LogP contribution in [0.2, 0.25) is 0 Å². The number of carbonyl (C=O) groups is 1. The molecule has 0 amide bonds. The van der Waals surface area contributed by atoms with Crippen molar-refractivity contribution in [3.05, 3.63) is 77.4 Å². The van der Waals surface area contributed by atoms with Gasteiger partial charge in [-0.1, -0.05) is 36.4 Å². The van der Waals surface area contributed by atoms with E-state index in [1.165, 1.54) is 6.33 Å². The summed E-state index contributed by atoms with van der Waals surface area (Å²) in [6.07, 6.45) is 2.35. The number of hydrogen-bond acceptors (Lipinski definition) is 4. The molecule has 3 aromatic rings. The highest BCUT2D eigenvalue weighted by molar-refractivity contribution is 5.76. The van der Waals surface area contributed by atoms with Crippen molar-refractivity contribution < 1.29 is 9.90 Å². The minimum absolute atomic E-state index is 0.430. The molecule has 26 heavy (non-hydrogen) atoms. The zero-order valence-corrected chi connectivity index (χ0v) is 14.5. The summed E-state index contributed by atoms with van der Waals surface area (Å²) in [5, 5.41) is 14.2. The molecule has 0 radical (unpaired) electrons. The third-order valence-corrected chi connectivity index (χ3v) is 4.95. The Balaban J connectivity index is 1.67. The first-order valence-corrected chi connectivity index (χ1v) is 8.64. The summed E-state index contributed by atoms with van der Waals surface area (Å²) >= 11 is 0. The van der Waals surface area contributed by atoms with E-state index in [9.17, 15) is 9.90 Å². The van der Waals surface area contributed by atoms with Crippen LogP contribution in [0.25, 0.3) is 5.69 Å². The molecule has 1 aliphatic rings. The van der Waals surface area contributed by atoms with Crippen molar-refractivity contribution in [1.82, 2.24) is 19.7 Å². The van der Waals surface area contributed by atoms with Gasteiger partial charge >= 0.3 is 5.97 Å². The fourth-order valence-corrected chi connectivity index (χ4v) is 3.70. The van der Waals surface area contributed by atoms with Crippen molar-refractivity contribution in [1.29, 1.82) is 0 Å². The van der Waals surface area contributed by atoms with Gasteiger partial charge in [0.05, 0.1) is 12.2 Å². The number of benzene rings is 2. The van der Waals surface area contributed by atoms with Gasteiger partial charge in [-0.3, -0.25) is 9.69 Å². The Morgan fingerprint density at radius 3 is 2.77 bits per heavy atom. The van der Waals surface area contributed by atoms with Gasteiger partial charge in [-0.25, -0.2) is 9.67 Å². The summed E-state index contributed by atoms with van der Waals surface area (Å²) in [5.74, 6) is -0.0964. The molecule has 6 heteroatoms. The number of carboxylic acids is 1. The van der Waals surface area contributed by atoms with Crippen molar-refractivity contribution in [2.45, 2.75) is 25.9 Å². The molecule has 0 fully saturated rings. The normalized spacial score (nSPS) is 17.0. The number of aromatic nitrogens is 3. The largest absolute Gasteiger partial charge is 0.480 e. The van der Waals surface area contributed by atoms with E-state index in [-0.39, 0.29) is 0 Å². The molecule has 0 saturated carbocycles. The summed E-state index contributed by atoms with van der Waals surface area (Å²) in [6, 6.07) is 15.0. The zero-order valence-electron chi connectivity index (χ0n) is 14.5. The molecular formula is C20H20N4O2. The molecule has 1 N–H and O–H groups in total. The molecule has 2 heterocycles. The fourth-order valence-electron chi connectivity index (χ4n) is 3.70. The Labute approximate surface area is 151 Å². The number of fused-ring (bicyclic) bond motifs is 1. The van der Waals surface area contributed by atoms with Gasteiger partial charge in [-0.15, -0.1) is 0 Å². The van der Waals surface area contributed by atoms with E-state index < -0.39 is 12.0 Å². The van der Waals surface area contributed by atoms with E-state index in [4.69, 9.17) is 0 Å². The van der Waals surface area contributed by atoms with Crippen LogP contribution in [-0.4, -0.2) is 37.3 Å². The Hall–Kier alpha value is -2.99. The molecule has 6 nitrogen and oxygen atoms in total. The lowest BCUT2D eigenvalue weighted by molar-refractivity contribution is -0.144. The van der Waals surface area contributed by atoms with E-state index in [0.717, 1.165) is 34.6 Å². The lowest BCUT2D eigenvalue weighted by Gasteiger charge is -2.35. The molecule has 0 bridgehead atoms. The molecule has 0 aliphatic carbocycles. The molecule has 1 atom stereocenters. The first-order chi connectivity index (χ1) is 12.6. The number of aliphatic carboxylic acids is 1. The van der Waals surface area contributed by atoms with Gasteiger partial charge in [0.2, 0.25) is 0 Å². The van der Waals surface area contributed by atoms with Gasteiger partial charge in [0.15, 0.2) is 0 Å². The minimum Gasteiger partial charge on any atom is -0.480 e. The maximum atomic E-state index is 12.0. The topological polar surface area (TPSA) is 71.2 Å². The van der Waals surface area contributed by atoms with Crippen LogP contribution in [0, 0.1) is 6.92 Å². The summed E-state index contributed by atoms with van der Waals surface area (Å²) in [6.45, 7) is 3.15. The maximum absolute atomic E-state index is 12.0. The van der Waals surface area contributed by atoms with Gasteiger partial charge in [0.25, 0.3) is 0 Å². The van der Waals surface area contributed by atoms with Crippen LogP contribution in [0.5, 0.6) is 0 Å². The first kappa shape index (κ1) is 16.5. The van der Waals surface area contributed by atoms with Crippen LogP contribution in [0.4, 0.5) is 0 Å². The molecule has 0 spiro atoms. The van der Waals surface area contributed by atoms with E-state index in [0.29, 0.717) is 13.1 Å². The number of carboxylic acid groups (broad SMARTS) is 1. The lowest BCUT2D eigenvalue weighted by atomic mass is 9.89. The summed E-state index contributed by atoms with van der Waals surface area (Å²) < 4.78 is 1.77. The molecule has 1 aromatic heterocycles. The Kier molecular flexibility index (Phi) is 4.26. The summed E-state index contributed by atoms with van der Waals surface area (Å²) in [4.78, 5) is 18.4. The predicted molar refractivity (Wildman–Crippen MR) is 97.0 cm³/mol. The van der Waals surface area contributed by atoms with Crippen LogP contribution in [0.15, 0.2) is 54.9 Å². The average molecular weight is 348 g/mol. The van der Waals surface area contributed by atoms with Crippen molar-refractivity contribution in [3.63, 3.8) is 0 Å². The second-order valence-corrected chi connectivity index (χ2v) is 6.53. The predicted octanol–water partition coefficient (Wildman–Crippen LogP) is 2.76. The monoisotopic (exact) mass is 348 g/mol. The minimum atomic E-state index is -0.831. The van der Waals surface area contributed by atoms with E-state index >= 15 is 0 Å². The van der Waals surface area contributed by atoms with Gasteiger partial charge in [0.1, 0.15) is 18.2 Å². The van der Waals surface area contributed by atoms with Gasteiger partial charge in [-0.05, 0) is 42.2 Å². The van der Waals surface area contributed by atoms with Crippen LogP contribution in [0.3, 0.4) is 0 Å². The van der Waals surface area contributed by atoms with Crippen LogP contribution in [-0.2, 0) is 17.8 Å². The van der Waals surface area contributed by atoms with Crippen LogP contribution in [0.1, 0.15) is 28.6 Å². The fraction of sp³-hybridized carbons (Fsp3) is 0.250. The average Bonchev–Trinajstić information content (AvgIpc) is 3.10. The highest BCUT2D eigenvalue weighted by Gasteiger charge is 2.34. The molecule has 2 aromatic carbocycles. The molecule has 4 rings (SSSR count). The second kappa shape index (κ2) is 6.72. The Morgan fingerprint density at radius 1 is 1.19 bits per heavy atom. The molecule has 0 saturated heterocycles. The van der Waals surface area contributed by atoms with Crippen LogP contribution < -0.4 is 0 Å². The van der Waals surface area contributed by atoms with Crippen LogP contribution >= 0.6 is 0 Å². The third-order valence-electron chi connectivity index (χ3n) is 4.95. The van der Waals surface area contributed by atoms with Crippen molar-refractivity contribution in [2.75, 3.05) is 6.54 Å². The molecule has 132 valence electrons. The van der Waals surface area contributed by atoms with E-state index in [1.54, 1.807) is 4.68 Å². The molecule has 1 aliphatic heterocycles. The molecular weight excluding hydrogens is 328 g/mol. The van der Waals surface area contributed by atoms with E-state index in [1.807, 2.05) is 60.4 Å².